The minimum absolute atomic E-state index is 0.820. The highest BCUT2D eigenvalue weighted by atomic mass is 16.5. The number of benzene rings is 1. The maximum Gasteiger partial charge on any atom is 0.123 e. The monoisotopic (exact) mass is 203 g/mol. The molecular formula is C11H13N3O. The molecule has 1 aromatic rings. The van der Waals surface area contributed by atoms with Gasteiger partial charge in [0.25, 0.3) is 0 Å². The third kappa shape index (κ3) is 1.25. The number of fused-ring (bicyclic) bond motifs is 3. The molecule has 0 atom stereocenters. The molecule has 0 bridgehead atoms. The van der Waals surface area contributed by atoms with Gasteiger partial charge in [0.15, 0.2) is 0 Å². The van der Waals surface area contributed by atoms with Crippen LogP contribution in [0.3, 0.4) is 0 Å². The first-order valence-corrected chi connectivity index (χ1v) is 5.11. The van der Waals surface area contributed by atoms with Crippen LogP contribution in [0.15, 0.2) is 23.2 Å². The van der Waals surface area contributed by atoms with Crippen LogP contribution in [-0.4, -0.2) is 32.6 Å². The zero-order valence-electron chi connectivity index (χ0n) is 8.66. The van der Waals surface area contributed by atoms with Gasteiger partial charge in [0.2, 0.25) is 0 Å². The van der Waals surface area contributed by atoms with Gasteiger partial charge in [-0.25, -0.2) is 0 Å². The second-order valence-electron chi connectivity index (χ2n) is 3.69. The molecule has 15 heavy (non-hydrogen) atoms. The summed E-state index contributed by atoms with van der Waals surface area (Å²) in [4.78, 5) is 6.72. The highest BCUT2D eigenvalue weighted by Crippen LogP contribution is 2.34. The first-order valence-electron chi connectivity index (χ1n) is 5.11. The van der Waals surface area contributed by atoms with E-state index in [1.165, 1.54) is 5.69 Å². The van der Waals surface area contributed by atoms with Crippen LogP contribution in [0.1, 0.15) is 0 Å². The smallest absolute Gasteiger partial charge is 0.123 e. The number of ether oxygens (including phenoxy) is 1. The van der Waals surface area contributed by atoms with Gasteiger partial charge in [-0.3, -0.25) is 4.99 Å². The predicted molar refractivity (Wildman–Crippen MR) is 61.1 cm³/mol. The Labute approximate surface area is 88.6 Å². The number of anilines is 2. The summed E-state index contributed by atoms with van der Waals surface area (Å²) in [6.07, 6.45) is 0. The lowest BCUT2D eigenvalue weighted by Crippen LogP contribution is -2.37. The third-order valence-corrected chi connectivity index (χ3v) is 2.86. The highest BCUT2D eigenvalue weighted by Gasteiger charge is 2.25. The standard InChI is InChI=1S/C11H13N3O/c1-15-8-2-3-10-9(6-8)13-7-11-12-4-5-14(10)11/h2-3,6,13H,4-5,7H2,1H3. The number of aliphatic imine (C=N–C) groups is 1. The van der Waals surface area contributed by atoms with E-state index in [1.807, 2.05) is 12.1 Å². The van der Waals surface area contributed by atoms with Gasteiger partial charge < -0.3 is 15.0 Å². The number of hydrogen-bond acceptors (Lipinski definition) is 4. The third-order valence-electron chi connectivity index (χ3n) is 2.86. The van der Waals surface area contributed by atoms with Gasteiger partial charge >= 0.3 is 0 Å². The quantitative estimate of drug-likeness (QED) is 0.748. The summed E-state index contributed by atoms with van der Waals surface area (Å²) in [6, 6.07) is 6.10. The van der Waals surface area contributed by atoms with Gasteiger partial charge in [-0.05, 0) is 12.1 Å². The molecule has 3 rings (SSSR count). The Hall–Kier alpha value is -1.71. The van der Waals surface area contributed by atoms with Crippen molar-refractivity contribution >= 4 is 17.2 Å². The topological polar surface area (TPSA) is 36.9 Å². The van der Waals surface area contributed by atoms with Crippen molar-refractivity contribution < 1.29 is 4.74 Å². The Morgan fingerprint density at radius 2 is 2.40 bits per heavy atom. The molecule has 2 heterocycles. The lowest BCUT2D eigenvalue weighted by Gasteiger charge is -2.29. The SMILES string of the molecule is COc1ccc2c(c1)NCC1=NCCN12. The largest absolute Gasteiger partial charge is 0.497 e. The Morgan fingerprint density at radius 3 is 3.27 bits per heavy atom. The molecular weight excluding hydrogens is 190 g/mol. The zero-order chi connectivity index (χ0) is 10.3. The molecule has 0 radical (unpaired) electrons. The van der Waals surface area contributed by atoms with E-state index in [0.717, 1.165) is 36.9 Å². The van der Waals surface area contributed by atoms with Crippen LogP contribution < -0.4 is 15.0 Å². The van der Waals surface area contributed by atoms with Crippen molar-refractivity contribution in [3.8, 4) is 5.75 Å². The molecule has 0 aliphatic carbocycles. The molecule has 2 aliphatic rings. The van der Waals surface area contributed by atoms with E-state index >= 15 is 0 Å². The van der Waals surface area contributed by atoms with Gasteiger partial charge in [0, 0.05) is 12.6 Å². The van der Waals surface area contributed by atoms with Crippen molar-refractivity contribution in [2.75, 3.05) is 37.0 Å². The van der Waals surface area contributed by atoms with Crippen molar-refractivity contribution in [2.24, 2.45) is 4.99 Å². The minimum Gasteiger partial charge on any atom is -0.497 e. The number of rotatable bonds is 1. The average Bonchev–Trinajstić information content (AvgIpc) is 2.76. The van der Waals surface area contributed by atoms with Crippen LogP contribution in [0.25, 0.3) is 0 Å². The first kappa shape index (κ1) is 8.59. The van der Waals surface area contributed by atoms with Gasteiger partial charge in [0.05, 0.1) is 31.6 Å². The predicted octanol–water partition coefficient (Wildman–Crippen LogP) is 1.34. The van der Waals surface area contributed by atoms with Gasteiger partial charge in [-0.2, -0.15) is 0 Å². The minimum atomic E-state index is 0.820. The Morgan fingerprint density at radius 1 is 1.47 bits per heavy atom. The molecule has 2 aliphatic heterocycles. The lowest BCUT2D eigenvalue weighted by molar-refractivity contribution is 0.415. The number of nitrogens with zero attached hydrogens (tertiary/aromatic N) is 2. The molecule has 0 fully saturated rings. The molecule has 1 N–H and O–H groups in total. The summed E-state index contributed by atoms with van der Waals surface area (Å²) >= 11 is 0. The van der Waals surface area contributed by atoms with Crippen LogP contribution in [0.2, 0.25) is 0 Å². The number of hydrogen-bond donors (Lipinski definition) is 1. The van der Waals surface area contributed by atoms with Crippen molar-refractivity contribution in [3.05, 3.63) is 18.2 Å². The molecule has 0 amide bonds. The Balaban J connectivity index is 2.05. The molecule has 0 saturated carbocycles. The molecule has 0 aromatic heterocycles. The summed E-state index contributed by atoms with van der Waals surface area (Å²) in [5.74, 6) is 2.04. The molecule has 4 heteroatoms. The summed E-state index contributed by atoms with van der Waals surface area (Å²) < 4.78 is 5.20. The fourth-order valence-electron chi connectivity index (χ4n) is 2.10. The van der Waals surface area contributed by atoms with E-state index < -0.39 is 0 Å². The van der Waals surface area contributed by atoms with Crippen molar-refractivity contribution in [2.45, 2.75) is 0 Å². The Kier molecular flexibility index (Phi) is 1.80. The van der Waals surface area contributed by atoms with E-state index in [1.54, 1.807) is 7.11 Å². The summed E-state index contributed by atoms with van der Waals surface area (Å²) in [5, 5.41) is 3.36. The van der Waals surface area contributed by atoms with Gasteiger partial charge in [0.1, 0.15) is 11.6 Å². The van der Waals surface area contributed by atoms with E-state index in [9.17, 15) is 0 Å². The summed E-state index contributed by atoms with van der Waals surface area (Å²) in [5.41, 5.74) is 2.34. The van der Waals surface area contributed by atoms with Crippen LogP contribution in [-0.2, 0) is 0 Å². The van der Waals surface area contributed by atoms with Crippen LogP contribution in [0.5, 0.6) is 5.75 Å². The van der Waals surface area contributed by atoms with Gasteiger partial charge in [-0.15, -0.1) is 0 Å². The van der Waals surface area contributed by atoms with Crippen LogP contribution in [0, 0.1) is 0 Å². The zero-order valence-corrected chi connectivity index (χ0v) is 8.66. The molecule has 0 saturated heterocycles. The molecule has 1 aromatic carbocycles. The van der Waals surface area contributed by atoms with E-state index in [-0.39, 0.29) is 0 Å². The molecule has 4 nitrogen and oxygen atoms in total. The number of methoxy groups -OCH3 is 1. The number of nitrogens with one attached hydrogen (secondary N) is 1. The number of amidine groups is 1. The second kappa shape index (κ2) is 3.15. The summed E-state index contributed by atoms with van der Waals surface area (Å²) in [6.45, 7) is 2.72. The van der Waals surface area contributed by atoms with Crippen LogP contribution in [0.4, 0.5) is 11.4 Å². The van der Waals surface area contributed by atoms with E-state index in [4.69, 9.17) is 4.74 Å². The second-order valence-corrected chi connectivity index (χ2v) is 3.69. The highest BCUT2D eigenvalue weighted by molar-refractivity contribution is 6.07. The summed E-state index contributed by atoms with van der Waals surface area (Å²) in [7, 11) is 1.69. The maximum atomic E-state index is 5.20. The Bertz CT molecular complexity index is 428. The van der Waals surface area contributed by atoms with Crippen molar-refractivity contribution in [1.29, 1.82) is 0 Å². The fraction of sp³-hybridized carbons (Fsp3) is 0.364. The van der Waals surface area contributed by atoms with Crippen molar-refractivity contribution in [1.82, 2.24) is 0 Å². The average molecular weight is 203 g/mol. The van der Waals surface area contributed by atoms with E-state index in [2.05, 4.69) is 21.3 Å². The van der Waals surface area contributed by atoms with Gasteiger partial charge in [-0.1, -0.05) is 0 Å². The first-order chi connectivity index (χ1) is 7.38. The van der Waals surface area contributed by atoms with Crippen molar-refractivity contribution in [3.63, 3.8) is 0 Å². The van der Waals surface area contributed by atoms with Crippen LogP contribution >= 0.6 is 0 Å². The van der Waals surface area contributed by atoms with E-state index in [0.29, 0.717) is 0 Å². The molecule has 78 valence electrons. The molecule has 0 spiro atoms. The fourth-order valence-corrected chi connectivity index (χ4v) is 2.10. The lowest BCUT2D eigenvalue weighted by atomic mass is 10.2. The normalized spacial score (nSPS) is 17.7. The molecule has 0 unspecified atom stereocenters. The maximum absolute atomic E-state index is 5.20.